The Morgan fingerprint density at radius 3 is 2.26 bits per heavy atom. The van der Waals surface area contributed by atoms with Gasteiger partial charge < -0.3 is 26.6 Å². The van der Waals surface area contributed by atoms with Crippen molar-refractivity contribution in [1.29, 1.82) is 0 Å². The highest BCUT2D eigenvalue weighted by Gasteiger charge is 2.44. The van der Waals surface area contributed by atoms with Gasteiger partial charge in [0.05, 0.1) is 6.04 Å². The van der Waals surface area contributed by atoms with Gasteiger partial charge in [0.15, 0.2) is 5.78 Å². The number of carbonyl (C=O) groups excluding carboxylic acids is 5. The Morgan fingerprint density at radius 1 is 1.20 bits per heavy atom. The lowest BCUT2D eigenvalue weighted by atomic mass is 9.85. The van der Waals surface area contributed by atoms with E-state index in [1.165, 1.54) is 17.9 Å². The number of nitrogens with zero attached hydrogens (tertiary/aromatic N) is 2. The molecule has 0 aliphatic carbocycles. The van der Waals surface area contributed by atoms with E-state index >= 15 is 0 Å². The van der Waals surface area contributed by atoms with E-state index in [0.717, 1.165) is 0 Å². The van der Waals surface area contributed by atoms with Gasteiger partial charge in [0.2, 0.25) is 17.7 Å². The van der Waals surface area contributed by atoms with Crippen LogP contribution in [0, 0.1) is 5.41 Å². The Morgan fingerprint density at radius 2 is 1.80 bits per heavy atom. The van der Waals surface area contributed by atoms with Gasteiger partial charge in [0.1, 0.15) is 23.5 Å². The summed E-state index contributed by atoms with van der Waals surface area (Å²) in [6.45, 7) is 12.4. The van der Waals surface area contributed by atoms with Crippen molar-refractivity contribution in [3.05, 3.63) is 17.5 Å². The number of ketones is 1. The first-order valence-corrected chi connectivity index (χ1v) is 11.7. The Kier molecular flexibility index (Phi) is 10.6. The maximum Gasteiger partial charge on any atom is 0.269 e. The van der Waals surface area contributed by atoms with Gasteiger partial charge >= 0.3 is 0 Å². The average molecular weight is 494 g/mol. The van der Waals surface area contributed by atoms with E-state index in [1.807, 2.05) is 13.8 Å². The molecule has 12 nitrogen and oxygen atoms in total. The Bertz CT molecular complexity index is 937. The number of amides is 4. The third kappa shape index (κ3) is 7.61. The molecule has 0 bridgehead atoms. The van der Waals surface area contributed by atoms with Crippen molar-refractivity contribution in [2.24, 2.45) is 11.1 Å². The van der Waals surface area contributed by atoms with Crippen LogP contribution in [0.2, 0.25) is 0 Å². The van der Waals surface area contributed by atoms with E-state index in [1.54, 1.807) is 34.7 Å². The van der Waals surface area contributed by atoms with Crippen LogP contribution in [0.1, 0.15) is 75.9 Å². The molecule has 6 N–H and O–H groups in total. The minimum absolute atomic E-state index is 0.0376. The highest BCUT2D eigenvalue weighted by atomic mass is 16.2. The zero-order valence-electron chi connectivity index (χ0n) is 21.8. The van der Waals surface area contributed by atoms with Crippen LogP contribution in [-0.4, -0.2) is 82.3 Å². The molecule has 0 radical (unpaired) electrons. The Labute approximate surface area is 206 Å². The van der Waals surface area contributed by atoms with E-state index in [-0.39, 0.29) is 36.0 Å². The number of likely N-dealkylation sites (N-methyl/N-ethyl adjacent to an activating group) is 1. The molecule has 1 aliphatic rings. The monoisotopic (exact) mass is 493 g/mol. The number of aromatic nitrogens is 2. The Hall–Kier alpha value is -3.28. The fraction of sp³-hybridized carbons (Fsp3) is 0.652. The van der Waals surface area contributed by atoms with Crippen LogP contribution >= 0.6 is 0 Å². The van der Waals surface area contributed by atoms with E-state index in [0.29, 0.717) is 0 Å². The number of carbonyl (C=O) groups is 5. The third-order valence-electron chi connectivity index (χ3n) is 5.66. The summed E-state index contributed by atoms with van der Waals surface area (Å²) >= 11 is 0. The summed E-state index contributed by atoms with van der Waals surface area (Å²) < 4.78 is 0. The van der Waals surface area contributed by atoms with Crippen LogP contribution in [0.4, 0.5) is 0 Å². The van der Waals surface area contributed by atoms with Crippen molar-refractivity contribution in [2.75, 3.05) is 13.6 Å². The molecule has 2 rings (SSSR count). The van der Waals surface area contributed by atoms with Crippen LogP contribution in [0.15, 0.2) is 6.07 Å². The minimum Gasteiger partial charge on any atom is -0.368 e. The van der Waals surface area contributed by atoms with Crippen LogP contribution in [0.25, 0.3) is 0 Å². The number of nitrogens with two attached hydrogens (primary N) is 1. The summed E-state index contributed by atoms with van der Waals surface area (Å²) in [5.41, 5.74) is 5.11. The van der Waals surface area contributed by atoms with Gasteiger partial charge in [-0.1, -0.05) is 34.6 Å². The fourth-order valence-electron chi connectivity index (χ4n) is 3.55. The number of hydrogen-bond donors (Lipinski definition) is 5. The zero-order valence-corrected chi connectivity index (χ0v) is 21.8. The molecule has 1 aromatic heterocycles. The molecule has 4 amide bonds. The van der Waals surface area contributed by atoms with E-state index in [4.69, 9.17) is 5.73 Å². The second kappa shape index (κ2) is 12.4. The fourth-order valence-corrected chi connectivity index (χ4v) is 3.55. The molecule has 3 unspecified atom stereocenters. The molecule has 1 aliphatic heterocycles. The quantitative estimate of drug-likeness (QED) is 0.315. The summed E-state index contributed by atoms with van der Waals surface area (Å²) in [7, 11) is 1.63. The molecular formula is C23H39N7O5. The van der Waals surface area contributed by atoms with Crippen molar-refractivity contribution < 1.29 is 24.0 Å². The lowest BCUT2D eigenvalue weighted by Gasteiger charge is -2.35. The number of primary amides is 1. The first-order valence-electron chi connectivity index (χ1n) is 11.7. The van der Waals surface area contributed by atoms with Crippen LogP contribution < -0.4 is 21.7 Å². The standard InChI is InChI=1S/C21H33N7O5.C2H6/c1-10(23-6)18(31)25-16(21(3,4)5)20(33)28-9-12(7-15(28)17(22)30)24-19(32)14-8-13(11(2)29)26-27-14;1-2/h8,10,12,15-16,23H,7,9H2,1-6H3,(H2,22,30)(H,24,32)(H,25,31)(H,26,27);1-2H3/t10?,12?,15?,16-;/m1./s1. The lowest BCUT2D eigenvalue weighted by Crippen LogP contribution is -2.59. The van der Waals surface area contributed by atoms with E-state index < -0.39 is 47.3 Å². The molecule has 1 saturated heterocycles. The van der Waals surface area contributed by atoms with Crippen molar-refractivity contribution in [3.63, 3.8) is 0 Å². The molecular weight excluding hydrogens is 454 g/mol. The predicted molar refractivity (Wildman–Crippen MR) is 130 cm³/mol. The van der Waals surface area contributed by atoms with Crippen LogP contribution in [-0.2, 0) is 14.4 Å². The molecule has 4 atom stereocenters. The van der Waals surface area contributed by atoms with Crippen molar-refractivity contribution >= 4 is 29.4 Å². The lowest BCUT2D eigenvalue weighted by molar-refractivity contribution is -0.143. The number of likely N-dealkylation sites (tertiary alicyclic amines) is 1. The van der Waals surface area contributed by atoms with Crippen molar-refractivity contribution in [1.82, 2.24) is 31.0 Å². The molecule has 0 aromatic carbocycles. The second-order valence-electron chi connectivity index (χ2n) is 9.36. The SMILES string of the molecule is CC.CNC(C)C(=O)N[C@H](C(=O)N1CC(NC(=O)c2cc(C(C)=O)n[nH]2)CC1C(N)=O)C(C)(C)C. The molecule has 0 saturated carbocycles. The maximum atomic E-state index is 13.4. The summed E-state index contributed by atoms with van der Waals surface area (Å²) in [5, 5.41) is 14.6. The molecule has 35 heavy (non-hydrogen) atoms. The predicted octanol–water partition coefficient (Wildman–Crippen LogP) is -0.0381. The van der Waals surface area contributed by atoms with E-state index in [9.17, 15) is 24.0 Å². The highest BCUT2D eigenvalue weighted by Crippen LogP contribution is 2.26. The largest absolute Gasteiger partial charge is 0.368 e. The number of H-pyrrole nitrogens is 1. The molecule has 2 heterocycles. The highest BCUT2D eigenvalue weighted by molar-refractivity contribution is 5.98. The first-order chi connectivity index (χ1) is 16.3. The van der Waals surface area contributed by atoms with Gasteiger partial charge in [-0.25, -0.2) is 0 Å². The first kappa shape index (κ1) is 29.8. The Balaban J connectivity index is 0.00000298. The summed E-state index contributed by atoms with van der Waals surface area (Å²) in [4.78, 5) is 63.3. The summed E-state index contributed by atoms with van der Waals surface area (Å²) in [5.74, 6) is -2.34. The van der Waals surface area contributed by atoms with Gasteiger partial charge in [-0.3, -0.25) is 29.1 Å². The third-order valence-corrected chi connectivity index (χ3v) is 5.66. The zero-order chi connectivity index (χ0) is 27.1. The molecule has 0 spiro atoms. The van der Waals surface area contributed by atoms with Gasteiger partial charge in [0.25, 0.3) is 5.91 Å². The minimum atomic E-state index is -0.944. The van der Waals surface area contributed by atoms with Gasteiger partial charge in [-0.2, -0.15) is 5.10 Å². The second-order valence-corrected chi connectivity index (χ2v) is 9.36. The maximum absolute atomic E-state index is 13.4. The number of aromatic amines is 1. The summed E-state index contributed by atoms with van der Waals surface area (Å²) in [6.07, 6.45) is 0.123. The molecule has 1 fully saturated rings. The van der Waals surface area contributed by atoms with Crippen molar-refractivity contribution in [3.8, 4) is 0 Å². The number of hydrogen-bond acceptors (Lipinski definition) is 7. The van der Waals surface area contributed by atoms with Crippen molar-refractivity contribution in [2.45, 2.75) is 79.1 Å². The van der Waals surface area contributed by atoms with Gasteiger partial charge in [0, 0.05) is 19.5 Å². The normalized spacial score (nSPS) is 19.1. The summed E-state index contributed by atoms with van der Waals surface area (Å²) in [6, 6.07) is -1.61. The number of rotatable bonds is 8. The smallest absolute Gasteiger partial charge is 0.269 e. The van der Waals surface area contributed by atoms with Crippen LogP contribution in [0.5, 0.6) is 0 Å². The molecule has 1 aromatic rings. The van der Waals surface area contributed by atoms with Crippen LogP contribution in [0.3, 0.4) is 0 Å². The molecule has 12 heteroatoms. The van der Waals surface area contributed by atoms with Gasteiger partial charge in [-0.05, 0) is 31.9 Å². The van der Waals surface area contributed by atoms with Gasteiger partial charge in [-0.15, -0.1) is 0 Å². The number of nitrogens with one attached hydrogen (secondary N) is 4. The molecule has 196 valence electrons. The van der Waals surface area contributed by atoms with E-state index in [2.05, 4.69) is 26.1 Å². The number of Topliss-reactive ketones (excluding diaryl/α,β-unsaturated/α-hetero) is 1. The average Bonchev–Trinajstić information content (AvgIpc) is 3.44. The topological polar surface area (TPSA) is 179 Å².